The summed E-state index contributed by atoms with van der Waals surface area (Å²) in [5, 5.41) is 3.16. The van der Waals surface area contributed by atoms with Gasteiger partial charge in [0.1, 0.15) is 16.3 Å². The average Bonchev–Trinajstić information content (AvgIpc) is 3.32. The van der Waals surface area contributed by atoms with Gasteiger partial charge in [-0.05, 0) is 19.1 Å². The number of para-hydroxylation sites is 1. The minimum atomic E-state index is -0.610. The predicted octanol–water partition coefficient (Wildman–Crippen LogP) is 2.53. The molecule has 0 spiro atoms. The molecule has 32 heavy (non-hydrogen) atoms. The molecule has 1 aromatic carbocycles. The molecule has 10 nitrogen and oxygen atoms in total. The van der Waals surface area contributed by atoms with E-state index in [9.17, 15) is 19.2 Å². The van der Waals surface area contributed by atoms with E-state index in [-0.39, 0.29) is 30.2 Å². The van der Waals surface area contributed by atoms with E-state index in [0.29, 0.717) is 10.6 Å². The fraction of sp³-hybridized carbons (Fsp3) is 0.190. The number of nitrogens with one attached hydrogen (secondary N) is 2. The van der Waals surface area contributed by atoms with E-state index >= 15 is 0 Å². The molecule has 0 atom stereocenters. The maximum Gasteiger partial charge on any atom is 0.342 e. The summed E-state index contributed by atoms with van der Waals surface area (Å²) in [7, 11) is 1.26. The third-order valence-electron chi connectivity index (χ3n) is 4.71. The number of furan rings is 1. The van der Waals surface area contributed by atoms with E-state index in [2.05, 4.69) is 15.3 Å². The van der Waals surface area contributed by atoms with Gasteiger partial charge in [-0.25, -0.2) is 14.6 Å². The fourth-order valence-corrected chi connectivity index (χ4v) is 4.21. The Balaban J connectivity index is 1.66. The number of aromatic nitrogens is 3. The summed E-state index contributed by atoms with van der Waals surface area (Å²) in [6.45, 7) is 1.64. The molecule has 0 saturated carbocycles. The summed E-state index contributed by atoms with van der Waals surface area (Å²) < 4.78 is 12.7. The van der Waals surface area contributed by atoms with Crippen molar-refractivity contribution in [2.24, 2.45) is 0 Å². The zero-order valence-corrected chi connectivity index (χ0v) is 17.9. The van der Waals surface area contributed by atoms with Crippen LogP contribution in [0.1, 0.15) is 22.5 Å². The number of H-pyrrole nitrogens is 1. The number of rotatable bonds is 6. The van der Waals surface area contributed by atoms with Gasteiger partial charge in [-0.3, -0.25) is 19.9 Å². The number of ether oxygens (including phenoxy) is 1. The zero-order chi connectivity index (χ0) is 22.8. The summed E-state index contributed by atoms with van der Waals surface area (Å²) in [4.78, 5) is 54.7. The third kappa shape index (κ3) is 4.10. The minimum Gasteiger partial charge on any atom is -0.465 e. The van der Waals surface area contributed by atoms with Crippen molar-refractivity contribution >= 4 is 39.3 Å². The first-order valence-electron chi connectivity index (χ1n) is 9.54. The third-order valence-corrected chi connectivity index (χ3v) is 5.77. The number of amides is 1. The fourth-order valence-electron chi connectivity index (χ4n) is 3.20. The van der Waals surface area contributed by atoms with Gasteiger partial charge in [-0.2, -0.15) is 0 Å². The van der Waals surface area contributed by atoms with Gasteiger partial charge >= 0.3 is 11.7 Å². The van der Waals surface area contributed by atoms with E-state index in [0.717, 1.165) is 10.2 Å². The molecule has 1 amide bonds. The van der Waals surface area contributed by atoms with Crippen LogP contribution < -0.4 is 16.6 Å². The number of hydrogen-bond donors (Lipinski definition) is 2. The lowest BCUT2D eigenvalue weighted by Crippen LogP contribution is -2.29. The van der Waals surface area contributed by atoms with Crippen molar-refractivity contribution in [1.29, 1.82) is 0 Å². The van der Waals surface area contributed by atoms with Gasteiger partial charge in [-0.1, -0.05) is 12.1 Å². The van der Waals surface area contributed by atoms with Crippen molar-refractivity contribution in [2.75, 3.05) is 12.4 Å². The summed E-state index contributed by atoms with van der Waals surface area (Å²) >= 11 is 1.35. The molecule has 0 radical (unpaired) electrons. The molecular formula is C21H18N4O6S. The van der Waals surface area contributed by atoms with Crippen molar-refractivity contribution in [1.82, 2.24) is 14.5 Å². The van der Waals surface area contributed by atoms with Gasteiger partial charge in [0, 0.05) is 25.2 Å². The van der Waals surface area contributed by atoms with Crippen LogP contribution in [0.4, 0.5) is 5.88 Å². The highest BCUT2D eigenvalue weighted by Gasteiger charge is 2.28. The lowest BCUT2D eigenvalue weighted by atomic mass is 10.1. The van der Waals surface area contributed by atoms with Crippen molar-refractivity contribution in [3.05, 3.63) is 68.7 Å². The van der Waals surface area contributed by atoms with E-state index in [1.54, 1.807) is 6.92 Å². The van der Waals surface area contributed by atoms with Gasteiger partial charge in [0.15, 0.2) is 0 Å². The van der Waals surface area contributed by atoms with Gasteiger partial charge < -0.3 is 13.7 Å². The Hall–Kier alpha value is -3.99. The number of aromatic amines is 1. The Morgan fingerprint density at radius 2 is 2.03 bits per heavy atom. The maximum atomic E-state index is 12.6. The minimum absolute atomic E-state index is 0.0431. The van der Waals surface area contributed by atoms with Crippen molar-refractivity contribution in [3.8, 4) is 10.6 Å². The molecule has 2 N–H and O–H groups in total. The zero-order valence-electron chi connectivity index (χ0n) is 17.1. The number of methoxy groups -OCH3 is 1. The second-order valence-corrected chi connectivity index (χ2v) is 7.85. The molecule has 0 aliphatic carbocycles. The lowest BCUT2D eigenvalue weighted by molar-refractivity contribution is -0.116. The number of anilines is 1. The van der Waals surface area contributed by atoms with Crippen LogP contribution in [0, 0.1) is 6.92 Å². The quantitative estimate of drug-likeness (QED) is 0.427. The van der Waals surface area contributed by atoms with Crippen LogP contribution in [0.2, 0.25) is 0 Å². The van der Waals surface area contributed by atoms with Crippen LogP contribution in [-0.2, 0) is 16.1 Å². The summed E-state index contributed by atoms with van der Waals surface area (Å²) in [5.74, 6) is -0.713. The standard InChI is InChI=1S/C21H18N4O6S/c1-11-16(20(28)30-2)17(19-22-12-5-3-4-6-13(12)32-19)18(31-11)23-14(26)7-9-25-10-8-15(27)24-21(25)29/h3-6,8,10H,7,9H2,1-2H3,(H,23,26)(H,24,27,29). The average molecular weight is 454 g/mol. The van der Waals surface area contributed by atoms with Crippen LogP contribution in [0.3, 0.4) is 0 Å². The normalized spacial score (nSPS) is 10.9. The molecular weight excluding hydrogens is 436 g/mol. The number of thiazole rings is 1. The number of fused-ring (bicyclic) bond motifs is 1. The number of esters is 1. The van der Waals surface area contributed by atoms with Gasteiger partial charge in [0.05, 0.1) is 22.9 Å². The molecule has 4 rings (SSSR count). The first kappa shape index (κ1) is 21.2. The molecule has 4 aromatic rings. The first-order valence-corrected chi connectivity index (χ1v) is 10.4. The SMILES string of the molecule is COC(=O)c1c(C)oc(NC(=O)CCn2ccc(=O)[nH]c2=O)c1-c1nc2ccccc2s1. The molecule has 0 unspecified atom stereocenters. The van der Waals surface area contributed by atoms with Crippen molar-refractivity contribution in [2.45, 2.75) is 19.9 Å². The van der Waals surface area contributed by atoms with Crippen LogP contribution in [0.5, 0.6) is 0 Å². The van der Waals surface area contributed by atoms with E-state index < -0.39 is 23.1 Å². The number of aryl methyl sites for hydroxylation is 2. The molecule has 11 heteroatoms. The molecule has 0 aliphatic heterocycles. The number of carbonyl (C=O) groups is 2. The maximum absolute atomic E-state index is 12.6. The Kier molecular flexibility index (Phi) is 5.73. The highest BCUT2D eigenvalue weighted by atomic mass is 32.1. The molecule has 0 fully saturated rings. The summed E-state index contributed by atoms with van der Waals surface area (Å²) in [6.07, 6.45) is 1.24. The highest BCUT2D eigenvalue weighted by Crippen LogP contribution is 2.40. The van der Waals surface area contributed by atoms with Crippen molar-refractivity contribution < 1.29 is 18.7 Å². The second kappa shape index (κ2) is 8.63. The first-order chi connectivity index (χ1) is 15.4. The van der Waals surface area contributed by atoms with Gasteiger partial charge in [-0.15, -0.1) is 11.3 Å². The number of carbonyl (C=O) groups excluding carboxylic acids is 2. The van der Waals surface area contributed by atoms with E-state index in [1.807, 2.05) is 24.3 Å². The molecule has 3 heterocycles. The predicted molar refractivity (Wildman–Crippen MR) is 118 cm³/mol. The van der Waals surface area contributed by atoms with Gasteiger partial charge in [0.25, 0.3) is 5.56 Å². The topological polar surface area (TPSA) is 136 Å². The number of hydrogen-bond acceptors (Lipinski definition) is 8. The smallest absolute Gasteiger partial charge is 0.342 e. The molecule has 0 saturated heterocycles. The number of nitrogens with zero attached hydrogens (tertiary/aromatic N) is 2. The summed E-state index contributed by atoms with van der Waals surface area (Å²) in [5.41, 5.74) is 0.139. The molecule has 0 bridgehead atoms. The van der Waals surface area contributed by atoms with E-state index in [4.69, 9.17) is 9.15 Å². The summed E-state index contributed by atoms with van der Waals surface area (Å²) in [6, 6.07) is 8.69. The second-order valence-electron chi connectivity index (χ2n) is 6.82. The monoisotopic (exact) mass is 454 g/mol. The van der Waals surface area contributed by atoms with Crippen LogP contribution in [-0.4, -0.2) is 33.5 Å². The van der Waals surface area contributed by atoms with Gasteiger partial charge in [0.2, 0.25) is 11.8 Å². The Labute approximate surface area is 184 Å². The van der Waals surface area contributed by atoms with E-state index in [1.165, 1.54) is 35.3 Å². The Morgan fingerprint density at radius 1 is 1.25 bits per heavy atom. The van der Waals surface area contributed by atoms with Crippen molar-refractivity contribution in [3.63, 3.8) is 0 Å². The Bertz CT molecular complexity index is 1410. The molecule has 0 aliphatic rings. The van der Waals surface area contributed by atoms with Crippen LogP contribution in [0.15, 0.2) is 50.5 Å². The highest BCUT2D eigenvalue weighted by molar-refractivity contribution is 7.21. The number of benzene rings is 1. The largest absolute Gasteiger partial charge is 0.465 e. The molecule has 164 valence electrons. The Morgan fingerprint density at radius 3 is 2.75 bits per heavy atom. The van der Waals surface area contributed by atoms with Crippen LogP contribution >= 0.6 is 11.3 Å². The lowest BCUT2D eigenvalue weighted by Gasteiger charge is -2.06. The molecule has 3 aromatic heterocycles. The van der Waals surface area contributed by atoms with Crippen LogP contribution in [0.25, 0.3) is 20.8 Å².